The molecule has 0 aromatic carbocycles. The van der Waals surface area contributed by atoms with Gasteiger partial charge in [0.25, 0.3) is 0 Å². The highest BCUT2D eigenvalue weighted by Crippen LogP contribution is 2.30. The van der Waals surface area contributed by atoms with Gasteiger partial charge in [-0.2, -0.15) is 0 Å². The highest BCUT2D eigenvalue weighted by Gasteiger charge is 2.31. The normalized spacial score (nSPS) is 33.9. The third-order valence-corrected chi connectivity index (χ3v) is 4.88. The third kappa shape index (κ3) is 3.72. The van der Waals surface area contributed by atoms with Crippen molar-refractivity contribution >= 4 is 11.9 Å². The van der Waals surface area contributed by atoms with Crippen molar-refractivity contribution in [2.24, 2.45) is 17.8 Å². The fourth-order valence-electron chi connectivity index (χ4n) is 3.53. The zero-order chi connectivity index (χ0) is 14.5. The van der Waals surface area contributed by atoms with Crippen molar-refractivity contribution < 1.29 is 19.4 Å². The third-order valence-electron chi connectivity index (χ3n) is 4.88. The molecule has 114 valence electrons. The summed E-state index contributed by atoms with van der Waals surface area (Å²) in [5, 5.41) is 12.0. The first kappa shape index (κ1) is 15.3. The summed E-state index contributed by atoms with van der Waals surface area (Å²) >= 11 is 0. The highest BCUT2D eigenvalue weighted by atomic mass is 16.5. The van der Waals surface area contributed by atoms with Gasteiger partial charge < -0.3 is 15.2 Å². The molecule has 0 radical (unpaired) electrons. The van der Waals surface area contributed by atoms with Crippen molar-refractivity contribution in [3.63, 3.8) is 0 Å². The highest BCUT2D eigenvalue weighted by molar-refractivity contribution is 5.79. The number of ether oxygens (including phenoxy) is 1. The van der Waals surface area contributed by atoms with Gasteiger partial charge in [0, 0.05) is 25.5 Å². The van der Waals surface area contributed by atoms with Gasteiger partial charge >= 0.3 is 5.97 Å². The molecular formula is C15H25NO4. The van der Waals surface area contributed by atoms with Crippen LogP contribution in [0, 0.1) is 17.8 Å². The fraction of sp³-hybridized carbons (Fsp3) is 0.867. The molecule has 2 N–H and O–H groups in total. The van der Waals surface area contributed by atoms with Crippen molar-refractivity contribution in [1.29, 1.82) is 0 Å². The molecule has 2 rings (SSSR count). The molecule has 0 heterocycles. The van der Waals surface area contributed by atoms with Crippen LogP contribution >= 0.6 is 0 Å². The van der Waals surface area contributed by atoms with E-state index < -0.39 is 5.97 Å². The first-order valence-electron chi connectivity index (χ1n) is 7.65. The first-order chi connectivity index (χ1) is 9.61. The topological polar surface area (TPSA) is 75.6 Å². The van der Waals surface area contributed by atoms with E-state index in [1.165, 1.54) is 6.42 Å². The van der Waals surface area contributed by atoms with Crippen molar-refractivity contribution in [3.05, 3.63) is 0 Å². The summed E-state index contributed by atoms with van der Waals surface area (Å²) in [6.07, 6.45) is 6.28. The van der Waals surface area contributed by atoms with Crippen molar-refractivity contribution in [2.45, 2.75) is 51.0 Å². The monoisotopic (exact) mass is 283 g/mol. The number of carboxylic acid groups (broad SMARTS) is 1. The van der Waals surface area contributed by atoms with Crippen LogP contribution in [0.25, 0.3) is 0 Å². The second kappa shape index (κ2) is 7.07. The van der Waals surface area contributed by atoms with Gasteiger partial charge in [0.05, 0.1) is 12.0 Å². The number of amides is 1. The van der Waals surface area contributed by atoms with Crippen LogP contribution in [-0.4, -0.2) is 36.7 Å². The molecule has 20 heavy (non-hydrogen) atoms. The number of hydrogen-bond donors (Lipinski definition) is 2. The lowest BCUT2D eigenvalue weighted by Gasteiger charge is -2.26. The predicted octanol–water partition coefficient (Wildman–Crippen LogP) is 1.81. The van der Waals surface area contributed by atoms with E-state index in [-0.39, 0.29) is 23.8 Å². The van der Waals surface area contributed by atoms with E-state index in [0.717, 1.165) is 12.8 Å². The summed E-state index contributed by atoms with van der Waals surface area (Å²) in [5.74, 6) is -0.465. The Labute approximate surface area is 120 Å². The van der Waals surface area contributed by atoms with Crippen LogP contribution in [0.5, 0.6) is 0 Å². The van der Waals surface area contributed by atoms with Gasteiger partial charge in [0.15, 0.2) is 0 Å². The SMILES string of the molecule is COC1CCCC1CNC(=O)C1CCC(C(=O)O)CC1. The molecule has 2 saturated carbocycles. The molecule has 1 amide bonds. The molecule has 0 saturated heterocycles. The van der Waals surface area contributed by atoms with Gasteiger partial charge in [0.2, 0.25) is 5.91 Å². The van der Waals surface area contributed by atoms with E-state index in [9.17, 15) is 9.59 Å². The molecule has 5 heteroatoms. The summed E-state index contributed by atoms with van der Waals surface area (Å²) in [5.41, 5.74) is 0. The Morgan fingerprint density at radius 1 is 1.10 bits per heavy atom. The number of carboxylic acids is 1. The van der Waals surface area contributed by atoms with Crippen LogP contribution in [0.15, 0.2) is 0 Å². The molecule has 0 aliphatic heterocycles. The molecule has 0 aromatic rings. The van der Waals surface area contributed by atoms with Crippen LogP contribution in [0.2, 0.25) is 0 Å². The minimum atomic E-state index is -0.724. The van der Waals surface area contributed by atoms with Crippen molar-refractivity contribution in [1.82, 2.24) is 5.32 Å². The van der Waals surface area contributed by atoms with Crippen LogP contribution in [0.3, 0.4) is 0 Å². The summed E-state index contributed by atoms with van der Waals surface area (Å²) in [6, 6.07) is 0. The fourth-order valence-corrected chi connectivity index (χ4v) is 3.53. The van der Waals surface area contributed by atoms with E-state index in [0.29, 0.717) is 38.1 Å². The van der Waals surface area contributed by atoms with Crippen molar-refractivity contribution in [2.75, 3.05) is 13.7 Å². The van der Waals surface area contributed by atoms with Crippen LogP contribution < -0.4 is 5.32 Å². The Balaban J connectivity index is 1.72. The summed E-state index contributed by atoms with van der Waals surface area (Å²) in [6.45, 7) is 0.691. The molecule has 2 atom stereocenters. The smallest absolute Gasteiger partial charge is 0.306 e. The van der Waals surface area contributed by atoms with Gasteiger partial charge in [-0.1, -0.05) is 6.42 Å². The zero-order valence-corrected chi connectivity index (χ0v) is 12.1. The van der Waals surface area contributed by atoms with Crippen molar-refractivity contribution in [3.8, 4) is 0 Å². The minimum absolute atomic E-state index is 0.00648. The number of methoxy groups -OCH3 is 1. The number of carbonyl (C=O) groups excluding carboxylic acids is 1. The summed E-state index contributed by atoms with van der Waals surface area (Å²) < 4.78 is 5.43. The van der Waals surface area contributed by atoms with Gasteiger partial charge in [-0.25, -0.2) is 0 Å². The molecule has 2 aliphatic rings. The summed E-state index contributed by atoms with van der Waals surface area (Å²) in [7, 11) is 1.73. The van der Waals surface area contributed by atoms with E-state index in [1.807, 2.05) is 0 Å². The van der Waals surface area contributed by atoms with Gasteiger partial charge in [-0.15, -0.1) is 0 Å². The molecule has 2 unspecified atom stereocenters. The van der Waals surface area contributed by atoms with Gasteiger partial charge in [0.1, 0.15) is 0 Å². The largest absolute Gasteiger partial charge is 0.481 e. The van der Waals surface area contributed by atoms with Crippen LogP contribution in [-0.2, 0) is 14.3 Å². The van der Waals surface area contributed by atoms with E-state index in [2.05, 4.69) is 5.32 Å². The maximum atomic E-state index is 12.1. The second-order valence-electron chi connectivity index (χ2n) is 6.10. The Kier molecular flexibility index (Phi) is 5.40. The Bertz CT molecular complexity index is 350. The molecule has 2 fully saturated rings. The van der Waals surface area contributed by atoms with E-state index in [4.69, 9.17) is 9.84 Å². The lowest BCUT2D eigenvalue weighted by molar-refractivity contribution is -0.144. The average Bonchev–Trinajstić information content (AvgIpc) is 2.92. The molecule has 2 aliphatic carbocycles. The maximum absolute atomic E-state index is 12.1. The molecule has 0 aromatic heterocycles. The number of rotatable bonds is 5. The standard InChI is InChI=1S/C15H25NO4/c1-20-13-4-2-3-12(13)9-16-14(17)10-5-7-11(8-6-10)15(18)19/h10-13H,2-9H2,1H3,(H,16,17)(H,18,19). The average molecular weight is 283 g/mol. The van der Waals surface area contributed by atoms with E-state index in [1.54, 1.807) is 7.11 Å². The minimum Gasteiger partial charge on any atom is -0.481 e. The molecule has 0 bridgehead atoms. The predicted molar refractivity (Wildman–Crippen MR) is 74.2 cm³/mol. The van der Waals surface area contributed by atoms with Gasteiger partial charge in [-0.3, -0.25) is 9.59 Å². The Morgan fingerprint density at radius 2 is 1.75 bits per heavy atom. The quantitative estimate of drug-likeness (QED) is 0.807. The number of hydrogen-bond acceptors (Lipinski definition) is 3. The second-order valence-corrected chi connectivity index (χ2v) is 6.10. The molecule has 5 nitrogen and oxygen atoms in total. The number of carbonyl (C=O) groups is 2. The number of nitrogens with one attached hydrogen (secondary N) is 1. The number of aliphatic carboxylic acids is 1. The first-order valence-corrected chi connectivity index (χ1v) is 7.65. The summed E-state index contributed by atoms with van der Waals surface area (Å²) in [4.78, 5) is 23.0. The lowest BCUT2D eigenvalue weighted by atomic mass is 9.81. The van der Waals surface area contributed by atoms with Crippen LogP contribution in [0.4, 0.5) is 0 Å². The van der Waals surface area contributed by atoms with E-state index >= 15 is 0 Å². The lowest BCUT2D eigenvalue weighted by Crippen LogP contribution is -2.38. The zero-order valence-electron chi connectivity index (χ0n) is 12.1. The van der Waals surface area contributed by atoms with Gasteiger partial charge in [-0.05, 0) is 38.5 Å². The Hall–Kier alpha value is -1.10. The molecule has 0 spiro atoms. The molecular weight excluding hydrogens is 258 g/mol. The Morgan fingerprint density at radius 3 is 2.35 bits per heavy atom. The van der Waals surface area contributed by atoms with Crippen LogP contribution in [0.1, 0.15) is 44.9 Å². The maximum Gasteiger partial charge on any atom is 0.306 e.